The molecule has 2 rings (SSSR count). The predicted molar refractivity (Wildman–Crippen MR) is 103 cm³/mol. The van der Waals surface area contributed by atoms with E-state index in [9.17, 15) is 9.59 Å². The first-order chi connectivity index (χ1) is 13.6. The van der Waals surface area contributed by atoms with E-state index in [-0.39, 0.29) is 25.1 Å². The van der Waals surface area contributed by atoms with Crippen molar-refractivity contribution in [3.63, 3.8) is 0 Å². The molecule has 0 unspecified atom stereocenters. The molecular weight excluding hydrogens is 364 g/mol. The van der Waals surface area contributed by atoms with Crippen LogP contribution in [0.1, 0.15) is 31.8 Å². The van der Waals surface area contributed by atoms with Gasteiger partial charge in [-0.3, -0.25) is 0 Å². The third-order valence-electron chi connectivity index (χ3n) is 3.66. The Kier molecular flexibility index (Phi) is 8.20. The second-order valence-electron chi connectivity index (χ2n) is 5.59. The fourth-order valence-electron chi connectivity index (χ4n) is 2.29. The van der Waals surface area contributed by atoms with Crippen molar-refractivity contribution in [2.45, 2.75) is 0 Å². The van der Waals surface area contributed by atoms with Crippen molar-refractivity contribution in [1.82, 2.24) is 0 Å². The second-order valence-corrected chi connectivity index (χ2v) is 5.59. The first-order valence-electron chi connectivity index (χ1n) is 8.37. The Labute approximate surface area is 163 Å². The van der Waals surface area contributed by atoms with Crippen LogP contribution in [0.5, 0.6) is 5.75 Å². The molecule has 0 heterocycles. The molecule has 0 amide bonds. The summed E-state index contributed by atoms with van der Waals surface area (Å²) in [4.78, 5) is 23.7. The average molecular weight is 386 g/mol. The van der Waals surface area contributed by atoms with Gasteiger partial charge in [-0.25, -0.2) is 9.59 Å². The van der Waals surface area contributed by atoms with Gasteiger partial charge in [0.05, 0.1) is 12.7 Å². The Bertz CT molecular complexity index is 825. The Morgan fingerprint density at radius 1 is 0.821 bits per heavy atom. The van der Waals surface area contributed by atoms with E-state index in [0.29, 0.717) is 11.3 Å². The molecule has 7 heteroatoms. The quantitative estimate of drug-likeness (QED) is 0.371. The fourth-order valence-corrected chi connectivity index (χ4v) is 2.29. The van der Waals surface area contributed by atoms with Crippen LogP contribution in [0.2, 0.25) is 0 Å². The van der Waals surface area contributed by atoms with Crippen LogP contribution in [-0.2, 0) is 18.9 Å². The summed E-state index contributed by atoms with van der Waals surface area (Å²) in [6.45, 7) is -0.151. The van der Waals surface area contributed by atoms with Gasteiger partial charge in [0, 0.05) is 14.2 Å². The Morgan fingerprint density at radius 3 is 2.11 bits per heavy atom. The summed E-state index contributed by atoms with van der Waals surface area (Å²) in [5.74, 6) is -0.602. The van der Waals surface area contributed by atoms with Crippen molar-refractivity contribution >= 4 is 24.1 Å². The molecule has 0 radical (unpaired) electrons. The number of carbonyl (C=O) groups excluding carboxylic acids is 2. The molecule has 0 bridgehead atoms. The summed E-state index contributed by atoms with van der Waals surface area (Å²) in [6, 6.07) is 12.1. The maximum atomic E-state index is 12.3. The van der Waals surface area contributed by atoms with Gasteiger partial charge in [-0.15, -0.1) is 0 Å². The SMILES string of the molecule is COCOC(=O)c1cc(C=Cc2ccc(C(=O)OC)cc2)ccc1OCOC. The van der Waals surface area contributed by atoms with E-state index in [4.69, 9.17) is 18.9 Å². The van der Waals surface area contributed by atoms with Crippen LogP contribution in [0, 0.1) is 0 Å². The highest BCUT2D eigenvalue weighted by Gasteiger charge is 2.15. The van der Waals surface area contributed by atoms with Crippen molar-refractivity contribution in [2.75, 3.05) is 34.9 Å². The van der Waals surface area contributed by atoms with Gasteiger partial charge < -0.3 is 23.7 Å². The molecule has 0 aliphatic heterocycles. The van der Waals surface area contributed by atoms with Gasteiger partial charge in [0.2, 0.25) is 0 Å². The van der Waals surface area contributed by atoms with Gasteiger partial charge in [-0.2, -0.15) is 0 Å². The average Bonchev–Trinajstić information content (AvgIpc) is 2.74. The predicted octanol–water partition coefficient (Wildman–Crippen LogP) is 3.39. The van der Waals surface area contributed by atoms with E-state index < -0.39 is 5.97 Å². The molecule has 0 N–H and O–H groups in total. The molecule has 0 aliphatic rings. The molecular formula is C21H22O7. The maximum Gasteiger partial charge on any atom is 0.344 e. The van der Waals surface area contributed by atoms with Gasteiger partial charge in [-0.1, -0.05) is 30.4 Å². The third kappa shape index (κ3) is 5.94. The van der Waals surface area contributed by atoms with Crippen LogP contribution in [0.15, 0.2) is 42.5 Å². The summed E-state index contributed by atoms with van der Waals surface area (Å²) in [5.41, 5.74) is 2.39. The summed E-state index contributed by atoms with van der Waals surface area (Å²) in [6.07, 6.45) is 3.69. The van der Waals surface area contributed by atoms with Gasteiger partial charge in [0.1, 0.15) is 11.3 Å². The first kappa shape index (κ1) is 21.1. The van der Waals surface area contributed by atoms with Crippen LogP contribution in [-0.4, -0.2) is 46.9 Å². The van der Waals surface area contributed by atoms with E-state index in [1.807, 2.05) is 12.2 Å². The Morgan fingerprint density at radius 2 is 1.46 bits per heavy atom. The number of rotatable bonds is 9. The highest BCUT2D eigenvalue weighted by atomic mass is 16.7. The smallest absolute Gasteiger partial charge is 0.344 e. The topological polar surface area (TPSA) is 80.3 Å². The highest BCUT2D eigenvalue weighted by Crippen LogP contribution is 2.23. The van der Waals surface area contributed by atoms with E-state index in [1.165, 1.54) is 21.3 Å². The van der Waals surface area contributed by atoms with Crippen molar-refractivity contribution < 1.29 is 33.3 Å². The molecule has 0 saturated heterocycles. The number of ether oxygens (including phenoxy) is 5. The Hall–Kier alpha value is -3.16. The number of methoxy groups -OCH3 is 3. The lowest BCUT2D eigenvalue weighted by Gasteiger charge is -2.11. The van der Waals surface area contributed by atoms with Crippen molar-refractivity contribution in [3.8, 4) is 5.75 Å². The first-order valence-corrected chi connectivity index (χ1v) is 8.37. The summed E-state index contributed by atoms with van der Waals surface area (Å²) >= 11 is 0. The van der Waals surface area contributed by atoms with Gasteiger partial charge in [-0.05, 0) is 35.4 Å². The lowest BCUT2D eigenvalue weighted by molar-refractivity contribution is -0.0132. The largest absolute Gasteiger partial charge is 0.467 e. The zero-order valence-electron chi connectivity index (χ0n) is 16.0. The molecule has 7 nitrogen and oxygen atoms in total. The second kappa shape index (κ2) is 10.9. The van der Waals surface area contributed by atoms with Crippen LogP contribution < -0.4 is 4.74 Å². The molecule has 0 fully saturated rings. The molecule has 0 saturated carbocycles. The lowest BCUT2D eigenvalue weighted by Crippen LogP contribution is -2.11. The van der Waals surface area contributed by atoms with Crippen LogP contribution >= 0.6 is 0 Å². The van der Waals surface area contributed by atoms with Gasteiger partial charge in [0.15, 0.2) is 13.6 Å². The number of hydrogen-bond donors (Lipinski definition) is 0. The molecule has 0 aromatic heterocycles. The van der Waals surface area contributed by atoms with E-state index in [1.54, 1.807) is 42.5 Å². The van der Waals surface area contributed by atoms with E-state index in [2.05, 4.69) is 4.74 Å². The van der Waals surface area contributed by atoms with Crippen LogP contribution in [0.25, 0.3) is 12.2 Å². The highest BCUT2D eigenvalue weighted by molar-refractivity contribution is 5.93. The molecule has 0 spiro atoms. The minimum atomic E-state index is -0.564. The van der Waals surface area contributed by atoms with Gasteiger partial charge in [0.25, 0.3) is 0 Å². The standard InChI is InChI=1S/C21H22O7/c1-24-13-27-19-11-8-16(12-18(19)21(23)28-14-25-2)5-4-15-6-9-17(10-7-15)20(22)26-3/h4-12H,13-14H2,1-3H3. The fraction of sp³-hybridized carbons (Fsp3) is 0.238. The van der Waals surface area contributed by atoms with Crippen LogP contribution in [0.3, 0.4) is 0 Å². The number of carbonyl (C=O) groups is 2. The molecule has 0 atom stereocenters. The minimum absolute atomic E-state index is 0.00624. The maximum absolute atomic E-state index is 12.3. The monoisotopic (exact) mass is 386 g/mol. The van der Waals surface area contributed by atoms with E-state index >= 15 is 0 Å². The zero-order valence-corrected chi connectivity index (χ0v) is 16.0. The summed E-state index contributed by atoms with van der Waals surface area (Å²) in [7, 11) is 4.26. The number of benzene rings is 2. The Balaban J connectivity index is 2.21. The van der Waals surface area contributed by atoms with E-state index in [0.717, 1.165) is 11.1 Å². The lowest BCUT2D eigenvalue weighted by atomic mass is 10.1. The molecule has 0 aliphatic carbocycles. The zero-order chi connectivity index (χ0) is 20.4. The summed E-state index contributed by atoms with van der Waals surface area (Å²) < 4.78 is 24.8. The van der Waals surface area contributed by atoms with Crippen molar-refractivity contribution in [3.05, 3.63) is 64.7 Å². The number of hydrogen-bond acceptors (Lipinski definition) is 7. The molecule has 2 aromatic carbocycles. The van der Waals surface area contributed by atoms with Crippen LogP contribution in [0.4, 0.5) is 0 Å². The number of esters is 2. The molecule has 2 aromatic rings. The minimum Gasteiger partial charge on any atom is -0.467 e. The van der Waals surface area contributed by atoms with Crippen molar-refractivity contribution in [1.29, 1.82) is 0 Å². The molecule has 28 heavy (non-hydrogen) atoms. The third-order valence-corrected chi connectivity index (χ3v) is 3.66. The normalized spacial score (nSPS) is 10.7. The van der Waals surface area contributed by atoms with Crippen molar-refractivity contribution in [2.24, 2.45) is 0 Å². The summed E-state index contributed by atoms with van der Waals surface area (Å²) in [5, 5.41) is 0. The van der Waals surface area contributed by atoms with Gasteiger partial charge >= 0.3 is 11.9 Å². The molecule has 148 valence electrons.